The van der Waals surface area contributed by atoms with Gasteiger partial charge in [0.05, 0.1) is 37.2 Å². The van der Waals surface area contributed by atoms with Crippen molar-refractivity contribution in [2.24, 2.45) is 0 Å². The summed E-state index contributed by atoms with van der Waals surface area (Å²) in [5.74, 6) is 0. The summed E-state index contributed by atoms with van der Waals surface area (Å²) >= 11 is 6.40. The second kappa shape index (κ2) is 7.92. The molecule has 0 unspecified atom stereocenters. The molecule has 2 N–H and O–H groups in total. The molecule has 0 aromatic heterocycles. The van der Waals surface area contributed by atoms with Crippen molar-refractivity contribution in [3.05, 3.63) is 53.1 Å². The Hall–Kier alpha value is -1.17. The number of nitrogens with one attached hydrogen (secondary N) is 2. The van der Waals surface area contributed by atoms with Crippen LogP contribution in [-0.2, 0) is 21.1 Å². The first-order valence-electron chi connectivity index (χ1n) is 10.5. The number of fused-ring (bicyclic) bond motifs is 1. The van der Waals surface area contributed by atoms with E-state index in [9.17, 15) is 0 Å². The van der Waals surface area contributed by atoms with E-state index < -0.39 is 6.42 Å². The largest absolute Gasteiger partial charge is 0.376 e. The Kier molecular flexibility index (Phi) is 5.33. The highest BCUT2D eigenvalue weighted by molar-refractivity contribution is 8.15. The predicted molar refractivity (Wildman–Crippen MR) is 116 cm³/mol. The molecule has 1 aliphatic carbocycles. The highest BCUT2D eigenvalue weighted by Crippen LogP contribution is 2.66. The third kappa shape index (κ3) is 3.35. The number of quaternary nitrogens is 1. The molecule has 0 bridgehead atoms. The topological polar surface area (TPSA) is 38.2 Å². The number of hydrogen-bond acceptors (Lipinski definition) is 4. The van der Waals surface area contributed by atoms with Crippen LogP contribution in [0.25, 0.3) is 0 Å². The van der Waals surface area contributed by atoms with Gasteiger partial charge in [0.1, 0.15) is 11.0 Å². The van der Waals surface area contributed by atoms with Crippen LogP contribution in [0.5, 0.6) is 0 Å². The molecule has 1 aromatic rings. The van der Waals surface area contributed by atoms with E-state index in [1.807, 2.05) is 6.07 Å². The van der Waals surface area contributed by atoms with Gasteiger partial charge in [-0.2, -0.15) is 0 Å². The van der Waals surface area contributed by atoms with Crippen LogP contribution >= 0.6 is 6.42 Å². The standard InChI is InChI=1S/C21H28N3O2PS/c28-27(26-16-18-10-7-15-25-18)21-19(22-24(27)17-8-2-1-3-9-17)11-6-12-20(21)23-13-4-5-14-23/h1-3,8-9,11,18,22H,4-7,10,12-16H2/p+1/t18-,27+/m1/s1. The Morgan fingerprint density at radius 1 is 1.21 bits per heavy atom. The smallest absolute Gasteiger partial charge is 0.212 e. The molecule has 0 amide bonds. The van der Waals surface area contributed by atoms with Crippen molar-refractivity contribution in [1.82, 2.24) is 5.43 Å². The minimum absolute atomic E-state index is 0.178. The fourth-order valence-corrected chi connectivity index (χ4v) is 8.52. The van der Waals surface area contributed by atoms with Gasteiger partial charge >= 0.3 is 0 Å². The van der Waals surface area contributed by atoms with Gasteiger partial charge < -0.3 is 14.2 Å². The molecule has 7 heteroatoms. The first-order chi connectivity index (χ1) is 13.8. The Morgan fingerprint density at radius 2 is 2.04 bits per heavy atom. The van der Waals surface area contributed by atoms with Crippen molar-refractivity contribution in [2.75, 3.05) is 31.1 Å². The van der Waals surface area contributed by atoms with Gasteiger partial charge in [0.25, 0.3) is 0 Å². The zero-order valence-electron chi connectivity index (χ0n) is 16.2. The van der Waals surface area contributed by atoms with E-state index in [-0.39, 0.29) is 6.10 Å². The van der Waals surface area contributed by atoms with Gasteiger partial charge in [-0.15, -0.1) is 0 Å². The summed E-state index contributed by atoms with van der Waals surface area (Å²) in [6.07, 6.45) is 7.04. The Bertz CT molecular complexity index is 829. The Balaban J connectivity index is 1.55. The number of para-hydroxylation sites is 1. The first-order valence-corrected chi connectivity index (χ1v) is 13.2. The fraction of sp³-hybridized carbons (Fsp3) is 0.524. The lowest BCUT2D eigenvalue weighted by molar-refractivity contribution is -0.849. The number of benzene rings is 1. The molecule has 0 spiro atoms. The maximum Gasteiger partial charge on any atom is 0.212 e. The SMILES string of the molecule is S=[P@@]1(OC[C@H]2CCCO2)C2=C([NH+]3CCCC3)CCC=C2NN1c1ccccc1. The van der Waals surface area contributed by atoms with Crippen LogP contribution < -0.4 is 15.1 Å². The van der Waals surface area contributed by atoms with E-state index in [1.165, 1.54) is 42.6 Å². The summed E-state index contributed by atoms with van der Waals surface area (Å²) < 4.78 is 14.6. The second-order valence-electron chi connectivity index (χ2n) is 8.00. The highest BCUT2D eigenvalue weighted by atomic mass is 32.4. The number of rotatable bonds is 5. The summed E-state index contributed by atoms with van der Waals surface area (Å²) in [6, 6.07) is 10.4. The summed E-state index contributed by atoms with van der Waals surface area (Å²) in [6.45, 7) is 3.87. The van der Waals surface area contributed by atoms with Gasteiger partial charge in [-0.05, 0) is 43.2 Å². The zero-order chi connectivity index (χ0) is 19.0. The molecule has 3 heterocycles. The van der Waals surface area contributed by atoms with Crippen LogP contribution in [0.2, 0.25) is 0 Å². The second-order valence-corrected chi connectivity index (χ2v) is 11.6. The minimum Gasteiger partial charge on any atom is -0.376 e. The molecule has 150 valence electrons. The van der Waals surface area contributed by atoms with Gasteiger partial charge in [-0.25, -0.2) is 4.78 Å². The average Bonchev–Trinajstić information content (AvgIpc) is 3.48. The van der Waals surface area contributed by atoms with Crippen molar-refractivity contribution in [1.29, 1.82) is 0 Å². The number of nitrogens with zero attached hydrogens (tertiary/aromatic N) is 1. The minimum atomic E-state index is -2.43. The van der Waals surface area contributed by atoms with Crippen LogP contribution in [0, 0.1) is 0 Å². The van der Waals surface area contributed by atoms with E-state index >= 15 is 0 Å². The highest BCUT2D eigenvalue weighted by Gasteiger charge is 2.47. The molecule has 2 atom stereocenters. The monoisotopic (exact) mass is 418 g/mol. The molecule has 5 rings (SSSR count). The fourth-order valence-electron chi connectivity index (χ4n) is 4.76. The maximum absolute atomic E-state index is 6.65. The molecule has 0 radical (unpaired) electrons. The molecule has 3 aliphatic heterocycles. The molecular formula is C21H29N3O2PS+. The molecule has 3 fully saturated rings. The number of ether oxygens (including phenoxy) is 1. The number of anilines is 1. The van der Waals surface area contributed by atoms with Crippen LogP contribution in [-0.4, -0.2) is 32.4 Å². The van der Waals surface area contributed by atoms with Crippen LogP contribution in [0.4, 0.5) is 5.69 Å². The van der Waals surface area contributed by atoms with Crippen molar-refractivity contribution < 1.29 is 14.2 Å². The van der Waals surface area contributed by atoms with E-state index in [4.69, 9.17) is 21.1 Å². The van der Waals surface area contributed by atoms with Crippen LogP contribution in [0.3, 0.4) is 0 Å². The van der Waals surface area contributed by atoms with Crippen molar-refractivity contribution >= 4 is 23.9 Å². The lowest BCUT2D eigenvalue weighted by atomic mass is 10.1. The third-order valence-corrected chi connectivity index (χ3v) is 9.94. The van der Waals surface area contributed by atoms with Crippen LogP contribution in [0.15, 0.2) is 53.1 Å². The van der Waals surface area contributed by atoms with Crippen molar-refractivity contribution in [3.63, 3.8) is 0 Å². The lowest BCUT2D eigenvalue weighted by Crippen LogP contribution is -3.08. The lowest BCUT2D eigenvalue weighted by Gasteiger charge is -2.31. The molecule has 3 saturated heterocycles. The maximum atomic E-state index is 6.65. The Labute approximate surface area is 172 Å². The molecule has 0 saturated carbocycles. The quantitative estimate of drug-likeness (QED) is 0.719. The van der Waals surface area contributed by atoms with E-state index in [2.05, 4.69) is 40.5 Å². The Morgan fingerprint density at radius 3 is 2.79 bits per heavy atom. The van der Waals surface area contributed by atoms with Gasteiger partial charge in [0.15, 0.2) is 0 Å². The zero-order valence-corrected chi connectivity index (χ0v) is 17.9. The average molecular weight is 419 g/mol. The summed E-state index contributed by atoms with van der Waals surface area (Å²) in [4.78, 5) is 1.62. The number of likely N-dealkylation sites (tertiary alicyclic amines) is 1. The van der Waals surface area contributed by atoms with Gasteiger partial charge in [-0.3, -0.25) is 5.43 Å². The normalized spacial score (nSPS) is 30.5. The van der Waals surface area contributed by atoms with Crippen LogP contribution in [0.1, 0.15) is 38.5 Å². The molecular weight excluding hydrogens is 389 g/mol. The molecule has 1 aromatic carbocycles. The summed E-state index contributed by atoms with van der Waals surface area (Å²) in [5.41, 5.74) is 7.39. The molecule has 5 nitrogen and oxygen atoms in total. The summed E-state index contributed by atoms with van der Waals surface area (Å²) in [7, 11) is 0. The third-order valence-electron chi connectivity index (χ3n) is 6.15. The van der Waals surface area contributed by atoms with Crippen molar-refractivity contribution in [3.8, 4) is 0 Å². The number of hydrogen-bond donors (Lipinski definition) is 2. The molecule has 4 aliphatic rings. The van der Waals surface area contributed by atoms with E-state index in [0.717, 1.165) is 38.0 Å². The first kappa shape index (κ1) is 18.8. The van der Waals surface area contributed by atoms with Gasteiger partial charge in [0, 0.05) is 25.9 Å². The van der Waals surface area contributed by atoms with Gasteiger partial charge in [-0.1, -0.05) is 24.3 Å². The predicted octanol–water partition coefficient (Wildman–Crippen LogP) is 3.08. The van der Waals surface area contributed by atoms with E-state index in [1.54, 1.807) is 4.90 Å². The number of allylic oxidation sites excluding steroid dienone is 3. The number of hydrazine groups is 1. The summed E-state index contributed by atoms with van der Waals surface area (Å²) in [5, 5.41) is 1.28. The van der Waals surface area contributed by atoms with Crippen molar-refractivity contribution in [2.45, 2.75) is 44.6 Å². The van der Waals surface area contributed by atoms with Gasteiger partial charge in [0.2, 0.25) is 6.42 Å². The van der Waals surface area contributed by atoms with E-state index in [0.29, 0.717) is 6.61 Å². The molecule has 28 heavy (non-hydrogen) atoms.